The Bertz CT molecular complexity index is 957. The molecule has 5 rings (SSSR count). The van der Waals surface area contributed by atoms with Crippen LogP contribution in [0, 0.1) is 5.92 Å². The van der Waals surface area contributed by atoms with Crippen LogP contribution in [-0.2, 0) is 11.3 Å². The van der Waals surface area contributed by atoms with E-state index in [4.69, 9.17) is 9.47 Å². The second-order valence-electron chi connectivity index (χ2n) is 7.26. The molecule has 2 N–H and O–H groups in total. The average molecular weight is 380 g/mol. The first-order valence-corrected chi connectivity index (χ1v) is 9.38. The fourth-order valence-corrected chi connectivity index (χ4v) is 3.40. The first kappa shape index (κ1) is 16.9. The largest absolute Gasteiger partial charge is 0.454 e. The molecule has 1 aromatic heterocycles. The Balaban J connectivity index is 1.31. The number of hydrogen-bond acceptors (Lipinski definition) is 6. The summed E-state index contributed by atoms with van der Waals surface area (Å²) >= 11 is 0. The van der Waals surface area contributed by atoms with Crippen LogP contribution < -0.4 is 25.0 Å². The van der Waals surface area contributed by atoms with Gasteiger partial charge in [-0.1, -0.05) is 6.07 Å². The average Bonchev–Trinajstić information content (AvgIpc) is 3.41. The van der Waals surface area contributed by atoms with Gasteiger partial charge in [0.15, 0.2) is 11.5 Å². The number of amides is 2. The number of nitrogens with zero attached hydrogens (tertiary/aromatic N) is 2. The highest BCUT2D eigenvalue weighted by Gasteiger charge is 2.32. The van der Waals surface area contributed by atoms with Gasteiger partial charge in [0.1, 0.15) is 5.82 Å². The normalized spacial score (nSPS) is 17.1. The zero-order chi connectivity index (χ0) is 19.1. The van der Waals surface area contributed by atoms with Crippen molar-refractivity contribution < 1.29 is 19.1 Å². The zero-order valence-corrected chi connectivity index (χ0v) is 15.2. The highest BCUT2D eigenvalue weighted by molar-refractivity contribution is 6.04. The van der Waals surface area contributed by atoms with Crippen LogP contribution in [0.15, 0.2) is 30.5 Å². The molecular weight excluding hydrogens is 360 g/mol. The van der Waals surface area contributed by atoms with Gasteiger partial charge in [0.25, 0.3) is 5.91 Å². The topological polar surface area (TPSA) is 92.8 Å². The van der Waals surface area contributed by atoms with Crippen molar-refractivity contribution in [3.8, 4) is 11.5 Å². The molecular formula is C20H20N4O4. The van der Waals surface area contributed by atoms with E-state index in [-0.39, 0.29) is 25.2 Å². The van der Waals surface area contributed by atoms with E-state index in [9.17, 15) is 9.59 Å². The monoisotopic (exact) mass is 380 g/mol. The van der Waals surface area contributed by atoms with E-state index in [2.05, 4.69) is 15.6 Å². The molecule has 28 heavy (non-hydrogen) atoms. The van der Waals surface area contributed by atoms with Crippen molar-refractivity contribution in [1.82, 2.24) is 10.3 Å². The van der Waals surface area contributed by atoms with Crippen LogP contribution in [0.2, 0.25) is 0 Å². The van der Waals surface area contributed by atoms with Gasteiger partial charge in [-0.25, -0.2) is 4.98 Å². The molecule has 1 aromatic carbocycles. The first-order valence-electron chi connectivity index (χ1n) is 9.38. The van der Waals surface area contributed by atoms with Crippen molar-refractivity contribution in [1.29, 1.82) is 0 Å². The fourth-order valence-electron chi connectivity index (χ4n) is 3.40. The van der Waals surface area contributed by atoms with Crippen molar-refractivity contribution in [3.05, 3.63) is 41.6 Å². The predicted octanol–water partition coefficient (Wildman–Crippen LogP) is 1.91. The minimum Gasteiger partial charge on any atom is -0.454 e. The summed E-state index contributed by atoms with van der Waals surface area (Å²) in [5.41, 5.74) is 2.02. The van der Waals surface area contributed by atoms with Crippen LogP contribution in [0.3, 0.4) is 0 Å². The summed E-state index contributed by atoms with van der Waals surface area (Å²) in [5.74, 6) is 2.37. The lowest BCUT2D eigenvalue weighted by atomic mass is 10.1. The third-order valence-corrected chi connectivity index (χ3v) is 5.16. The number of aromatic nitrogens is 1. The number of anilines is 2. The third-order valence-electron chi connectivity index (χ3n) is 5.16. The molecule has 0 saturated heterocycles. The molecule has 0 spiro atoms. The van der Waals surface area contributed by atoms with Crippen LogP contribution in [-0.4, -0.2) is 36.7 Å². The molecule has 3 heterocycles. The quantitative estimate of drug-likeness (QED) is 0.823. The van der Waals surface area contributed by atoms with Crippen LogP contribution >= 0.6 is 0 Å². The Labute approximate surface area is 161 Å². The van der Waals surface area contributed by atoms with Gasteiger partial charge in [0.2, 0.25) is 12.7 Å². The molecule has 1 fully saturated rings. The molecule has 0 radical (unpaired) electrons. The lowest BCUT2D eigenvalue weighted by Gasteiger charge is -2.29. The van der Waals surface area contributed by atoms with Crippen LogP contribution in [0.5, 0.6) is 11.5 Å². The predicted molar refractivity (Wildman–Crippen MR) is 102 cm³/mol. The zero-order valence-electron chi connectivity index (χ0n) is 15.2. The highest BCUT2D eigenvalue weighted by Crippen LogP contribution is 2.35. The SMILES string of the molecule is O=C(NCc1ccc2c(c1)OCO2)c1cnc2c(c1)N(CC1CC1)C(=O)CN2. The van der Waals surface area contributed by atoms with Gasteiger partial charge in [0.05, 0.1) is 17.8 Å². The van der Waals surface area contributed by atoms with Crippen molar-refractivity contribution >= 4 is 23.3 Å². The Morgan fingerprint density at radius 1 is 1.25 bits per heavy atom. The molecule has 3 aliphatic rings. The van der Waals surface area contributed by atoms with Crippen molar-refractivity contribution in [3.63, 3.8) is 0 Å². The molecule has 2 aliphatic heterocycles. The maximum Gasteiger partial charge on any atom is 0.253 e. The van der Waals surface area contributed by atoms with Crippen molar-refractivity contribution in [2.24, 2.45) is 5.92 Å². The summed E-state index contributed by atoms with van der Waals surface area (Å²) in [7, 11) is 0. The minimum absolute atomic E-state index is 0.0131. The van der Waals surface area contributed by atoms with Gasteiger partial charge in [-0.2, -0.15) is 0 Å². The van der Waals surface area contributed by atoms with E-state index in [1.807, 2.05) is 18.2 Å². The molecule has 1 saturated carbocycles. The minimum atomic E-state index is -0.239. The van der Waals surface area contributed by atoms with E-state index in [1.165, 1.54) is 6.20 Å². The maximum absolute atomic E-state index is 12.6. The van der Waals surface area contributed by atoms with Crippen LogP contribution in [0.25, 0.3) is 0 Å². The van der Waals surface area contributed by atoms with Gasteiger partial charge in [-0.15, -0.1) is 0 Å². The molecule has 8 nitrogen and oxygen atoms in total. The van der Waals surface area contributed by atoms with E-state index in [1.54, 1.807) is 11.0 Å². The second-order valence-corrected chi connectivity index (χ2v) is 7.26. The summed E-state index contributed by atoms with van der Waals surface area (Å²) in [6, 6.07) is 7.31. The second kappa shape index (κ2) is 6.70. The first-order chi connectivity index (χ1) is 13.7. The summed E-state index contributed by atoms with van der Waals surface area (Å²) in [5, 5.41) is 5.92. The van der Waals surface area contributed by atoms with Gasteiger partial charge in [-0.3, -0.25) is 9.59 Å². The number of rotatable bonds is 5. The van der Waals surface area contributed by atoms with Crippen molar-refractivity contribution in [2.45, 2.75) is 19.4 Å². The number of benzene rings is 1. The molecule has 144 valence electrons. The summed E-state index contributed by atoms with van der Waals surface area (Å²) in [6.45, 7) is 1.51. The molecule has 0 unspecified atom stereocenters. The van der Waals surface area contributed by atoms with Crippen LogP contribution in [0.4, 0.5) is 11.5 Å². The smallest absolute Gasteiger partial charge is 0.253 e. The third kappa shape index (κ3) is 3.21. The lowest BCUT2D eigenvalue weighted by molar-refractivity contribution is -0.117. The molecule has 2 amide bonds. The number of hydrogen-bond donors (Lipinski definition) is 2. The van der Waals surface area contributed by atoms with Gasteiger partial charge in [0, 0.05) is 19.3 Å². The Morgan fingerprint density at radius 3 is 2.96 bits per heavy atom. The van der Waals surface area contributed by atoms with Gasteiger partial charge in [-0.05, 0) is 42.5 Å². The molecule has 0 atom stereocenters. The maximum atomic E-state index is 12.6. The lowest BCUT2D eigenvalue weighted by Crippen LogP contribution is -2.41. The van der Waals surface area contributed by atoms with E-state index in [0.29, 0.717) is 47.6 Å². The van der Waals surface area contributed by atoms with E-state index in [0.717, 1.165) is 18.4 Å². The van der Waals surface area contributed by atoms with E-state index < -0.39 is 0 Å². The van der Waals surface area contributed by atoms with Gasteiger partial charge < -0.3 is 25.0 Å². The standard InChI is InChI=1S/C20H20N4O4/c25-18-9-22-19-15(24(18)10-12-1-2-12)6-14(8-21-19)20(26)23-7-13-3-4-16-17(5-13)28-11-27-16/h3-6,8,12H,1-2,7,9-11H2,(H,21,22)(H,23,26). The van der Waals surface area contributed by atoms with Crippen LogP contribution in [0.1, 0.15) is 28.8 Å². The molecule has 1 aliphatic carbocycles. The number of carbonyl (C=O) groups excluding carboxylic acids is 2. The van der Waals surface area contributed by atoms with E-state index >= 15 is 0 Å². The number of ether oxygens (including phenoxy) is 2. The number of nitrogens with one attached hydrogen (secondary N) is 2. The number of carbonyl (C=O) groups is 2. The van der Waals surface area contributed by atoms with Gasteiger partial charge >= 0.3 is 0 Å². The highest BCUT2D eigenvalue weighted by atomic mass is 16.7. The summed E-state index contributed by atoms with van der Waals surface area (Å²) < 4.78 is 10.7. The Morgan fingerprint density at radius 2 is 2.11 bits per heavy atom. The Kier molecular flexibility index (Phi) is 4.03. The van der Waals surface area contributed by atoms with Crippen molar-refractivity contribution in [2.75, 3.05) is 30.1 Å². The number of fused-ring (bicyclic) bond motifs is 2. The molecule has 8 heteroatoms. The summed E-state index contributed by atoms with van der Waals surface area (Å²) in [4.78, 5) is 31.1. The fraction of sp³-hybridized carbons (Fsp3) is 0.350. The number of pyridine rings is 1. The molecule has 0 bridgehead atoms. The summed E-state index contributed by atoms with van der Waals surface area (Å²) in [6.07, 6.45) is 3.83. The Hall–Kier alpha value is -3.29. The molecule has 2 aromatic rings.